The number of amides is 1. The molecule has 2 N–H and O–H groups in total. The number of carbonyl (C=O) groups is 1. The van der Waals surface area contributed by atoms with Crippen LogP contribution in [0.4, 0.5) is 4.79 Å². The van der Waals surface area contributed by atoms with Crippen LogP contribution in [0, 0.1) is 0 Å². The second kappa shape index (κ2) is 9.08. The van der Waals surface area contributed by atoms with Gasteiger partial charge in [-0.05, 0) is 63.8 Å². The molecule has 0 aliphatic heterocycles. The number of alkyl carbamates (subject to hydrolysis) is 1. The summed E-state index contributed by atoms with van der Waals surface area (Å²) in [6.45, 7) is 6.16. The van der Waals surface area contributed by atoms with Crippen molar-refractivity contribution in [2.24, 2.45) is 0 Å². The third kappa shape index (κ3) is 6.37. The number of nitrogens with one attached hydrogen (secondary N) is 2. The van der Waals surface area contributed by atoms with Crippen LogP contribution in [0.25, 0.3) is 10.9 Å². The number of aryl methyl sites for hydroxylation is 1. The number of unbranched alkanes of at least 4 members (excludes halogenated alkanes) is 3. The van der Waals surface area contributed by atoms with Crippen molar-refractivity contribution in [3.05, 3.63) is 45.2 Å². The highest BCUT2D eigenvalue weighted by Crippen LogP contribution is 2.26. The van der Waals surface area contributed by atoms with Crippen LogP contribution in [0.1, 0.15) is 52.0 Å². The van der Waals surface area contributed by atoms with Crippen molar-refractivity contribution in [3.8, 4) is 0 Å². The highest BCUT2D eigenvalue weighted by Gasteiger charge is 2.15. The van der Waals surface area contributed by atoms with Crippen LogP contribution < -0.4 is 10.9 Å². The van der Waals surface area contributed by atoms with E-state index in [1.54, 1.807) is 0 Å². The largest absolute Gasteiger partial charge is 0.444 e. The van der Waals surface area contributed by atoms with Gasteiger partial charge in [-0.15, -0.1) is 0 Å². The molecule has 1 amide bonds. The first-order valence-electron chi connectivity index (χ1n) is 9.03. The maximum Gasteiger partial charge on any atom is 0.407 e. The molecule has 0 bridgehead atoms. The molecule has 0 radical (unpaired) electrons. The third-order valence-electron chi connectivity index (χ3n) is 3.98. The molecule has 2 rings (SSSR count). The Kier molecular flexibility index (Phi) is 7.09. The van der Waals surface area contributed by atoms with E-state index in [2.05, 4.69) is 10.3 Å². The van der Waals surface area contributed by atoms with Crippen LogP contribution in [0.3, 0.4) is 0 Å². The molecule has 1 heterocycles. The van der Waals surface area contributed by atoms with Crippen molar-refractivity contribution in [1.29, 1.82) is 0 Å². The number of rotatable bonds is 7. The molecule has 0 atom stereocenters. The Bertz CT molecular complexity index is 809. The molecule has 0 spiro atoms. The Morgan fingerprint density at radius 1 is 1.12 bits per heavy atom. The van der Waals surface area contributed by atoms with E-state index in [4.69, 9.17) is 16.3 Å². The van der Waals surface area contributed by atoms with Crippen molar-refractivity contribution >= 4 is 28.6 Å². The van der Waals surface area contributed by atoms with Gasteiger partial charge in [-0.3, -0.25) is 4.79 Å². The summed E-state index contributed by atoms with van der Waals surface area (Å²) in [5, 5.41) is 4.51. The second-order valence-electron chi connectivity index (χ2n) is 7.40. The van der Waals surface area contributed by atoms with Gasteiger partial charge in [-0.1, -0.05) is 24.4 Å². The minimum atomic E-state index is -0.466. The van der Waals surface area contributed by atoms with Gasteiger partial charge in [0.1, 0.15) is 5.60 Å². The molecule has 1 aromatic heterocycles. The van der Waals surface area contributed by atoms with Crippen LogP contribution in [-0.2, 0) is 11.2 Å². The summed E-state index contributed by atoms with van der Waals surface area (Å²) >= 11 is 6.34. The van der Waals surface area contributed by atoms with E-state index in [-0.39, 0.29) is 11.7 Å². The van der Waals surface area contributed by atoms with E-state index in [0.29, 0.717) is 6.54 Å². The molecule has 0 aliphatic carbocycles. The standard InChI is InChI=1S/C20H27ClN2O3/c1-20(2,3)26-19(25)22-13-7-5-4-6-8-14-15-9-12-18(24)23-17(15)11-10-16(14)21/h9-12H,4-8,13H2,1-3H3,(H,22,25)(H,23,24). The Morgan fingerprint density at radius 2 is 1.85 bits per heavy atom. The van der Waals surface area contributed by atoms with Crippen molar-refractivity contribution in [2.45, 2.75) is 58.5 Å². The Labute approximate surface area is 159 Å². The molecule has 0 unspecified atom stereocenters. The summed E-state index contributed by atoms with van der Waals surface area (Å²) in [5.74, 6) is 0. The molecule has 0 aliphatic rings. The predicted molar refractivity (Wildman–Crippen MR) is 106 cm³/mol. The van der Waals surface area contributed by atoms with Crippen LogP contribution in [0.15, 0.2) is 29.1 Å². The second-order valence-corrected chi connectivity index (χ2v) is 7.81. The number of aromatic nitrogens is 1. The number of ether oxygens (including phenoxy) is 1. The molecule has 0 saturated heterocycles. The fraction of sp³-hybridized carbons (Fsp3) is 0.500. The monoisotopic (exact) mass is 378 g/mol. The summed E-state index contributed by atoms with van der Waals surface area (Å²) in [5.41, 5.74) is 1.32. The smallest absolute Gasteiger partial charge is 0.407 e. The van der Waals surface area contributed by atoms with Crippen LogP contribution in [0.5, 0.6) is 0 Å². The van der Waals surface area contributed by atoms with E-state index in [1.165, 1.54) is 6.07 Å². The topological polar surface area (TPSA) is 71.2 Å². The molecule has 1 aromatic carbocycles. The molecule has 5 nitrogen and oxygen atoms in total. The fourth-order valence-electron chi connectivity index (χ4n) is 2.81. The van der Waals surface area contributed by atoms with Crippen molar-refractivity contribution < 1.29 is 9.53 Å². The Hall–Kier alpha value is -2.01. The first-order valence-corrected chi connectivity index (χ1v) is 9.41. The Balaban J connectivity index is 1.74. The molecule has 142 valence electrons. The minimum absolute atomic E-state index is 0.108. The number of fused-ring (bicyclic) bond motifs is 1. The number of carbonyl (C=O) groups excluding carboxylic acids is 1. The lowest BCUT2D eigenvalue weighted by atomic mass is 10.0. The lowest BCUT2D eigenvalue weighted by Gasteiger charge is -2.19. The number of aromatic amines is 1. The van der Waals surface area contributed by atoms with Gasteiger partial charge in [0.25, 0.3) is 0 Å². The van der Waals surface area contributed by atoms with Crippen LogP contribution in [-0.4, -0.2) is 23.2 Å². The van der Waals surface area contributed by atoms with Crippen molar-refractivity contribution in [3.63, 3.8) is 0 Å². The summed E-state index contributed by atoms with van der Waals surface area (Å²) in [7, 11) is 0. The maximum atomic E-state index is 11.5. The van der Waals surface area contributed by atoms with Crippen molar-refractivity contribution in [2.75, 3.05) is 6.54 Å². The SMILES string of the molecule is CC(C)(C)OC(=O)NCCCCCCc1c(Cl)ccc2[nH]c(=O)ccc12. The van der Waals surface area contributed by atoms with Gasteiger partial charge in [0.05, 0.1) is 0 Å². The number of hydrogen-bond donors (Lipinski definition) is 2. The average molecular weight is 379 g/mol. The summed E-state index contributed by atoms with van der Waals surface area (Å²) in [4.78, 5) is 25.8. The normalized spacial score (nSPS) is 11.5. The van der Waals surface area contributed by atoms with Gasteiger partial charge in [0, 0.05) is 28.5 Å². The van der Waals surface area contributed by atoms with Gasteiger partial charge in [0.15, 0.2) is 0 Å². The van der Waals surface area contributed by atoms with Gasteiger partial charge in [-0.2, -0.15) is 0 Å². The highest BCUT2D eigenvalue weighted by molar-refractivity contribution is 6.32. The first-order chi connectivity index (χ1) is 12.3. The molecule has 26 heavy (non-hydrogen) atoms. The van der Waals surface area contributed by atoms with Crippen LogP contribution in [0.2, 0.25) is 5.02 Å². The van der Waals surface area contributed by atoms with E-state index >= 15 is 0 Å². The van der Waals surface area contributed by atoms with Gasteiger partial charge >= 0.3 is 6.09 Å². The van der Waals surface area contributed by atoms with Gasteiger partial charge < -0.3 is 15.0 Å². The maximum absolute atomic E-state index is 11.5. The zero-order chi connectivity index (χ0) is 19.2. The fourth-order valence-corrected chi connectivity index (χ4v) is 3.07. The van der Waals surface area contributed by atoms with Crippen molar-refractivity contribution in [1.82, 2.24) is 10.3 Å². The first kappa shape index (κ1) is 20.3. The van der Waals surface area contributed by atoms with Gasteiger partial charge in [-0.25, -0.2) is 4.79 Å². The summed E-state index contributed by atoms with van der Waals surface area (Å²) < 4.78 is 5.20. The molecule has 0 fully saturated rings. The number of hydrogen-bond acceptors (Lipinski definition) is 3. The lowest BCUT2D eigenvalue weighted by molar-refractivity contribution is 0.0527. The Morgan fingerprint density at radius 3 is 2.58 bits per heavy atom. The molecule has 2 aromatic rings. The summed E-state index contributed by atoms with van der Waals surface area (Å²) in [6, 6.07) is 7.04. The van der Waals surface area contributed by atoms with E-state index in [9.17, 15) is 9.59 Å². The molecular formula is C20H27ClN2O3. The van der Waals surface area contributed by atoms with Gasteiger partial charge in [0.2, 0.25) is 5.56 Å². The van der Waals surface area contributed by atoms with Crippen LogP contribution >= 0.6 is 11.6 Å². The van der Waals surface area contributed by atoms with E-state index < -0.39 is 5.60 Å². The molecular weight excluding hydrogens is 352 g/mol. The number of H-pyrrole nitrogens is 1. The number of pyridine rings is 1. The van der Waals surface area contributed by atoms with E-state index in [1.807, 2.05) is 39.0 Å². The highest BCUT2D eigenvalue weighted by atomic mass is 35.5. The molecule has 6 heteroatoms. The quantitative estimate of drug-likeness (QED) is 0.679. The average Bonchev–Trinajstić information content (AvgIpc) is 2.54. The predicted octanol–water partition coefficient (Wildman–Crippen LogP) is 4.81. The zero-order valence-electron chi connectivity index (χ0n) is 15.7. The number of halogens is 1. The third-order valence-corrected chi connectivity index (χ3v) is 4.34. The molecule has 0 saturated carbocycles. The summed E-state index contributed by atoms with van der Waals surface area (Å²) in [6.07, 6.45) is 4.48. The zero-order valence-corrected chi connectivity index (χ0v) is 16.4. The van der Waals surface area contributed by atoms with E-state index in [0.717, 1.165) is 53.6 Å². The lowest BCUT2D eigenvalue weighted by Crippen LogP contribution is -2.32. The minimum Gasteiger partial charge on any atom is -0.444 e. The number of benzene rings is 1.